The zero-order valence-electron chi connectivity index (χ0n) is 14.6. The molecule has 2 aromatic carbocycles. The lowest BCUT2D eigenvalue weighted by atomic mass is 10.0. The SMILES string of the molecule is S=C(NCc1ccc(Cl)cc1Cl)NC1CCN(Cc2ccccc2)CC1. The van der Waals surface area contributed by atoms with Crippen LogP contribution in [0.15, 0.2) is 48.5 Å². The number of halogens is 2. The first kappa shape index (κ1) is 19.4. The Morgan fingerprint density at radius 2 is 1.81 bits per heavy atom. The maximum absolute atomic E-state index is 6.19. The number of likely N-dealkylation sites (tertiary alicyclic amines) is 1. The molecule has 26 heavy (non-hydrogen) atoms. The smallest absolute Gasteiger partial charge is 0.166 e. The van der Waals surface area contributed by atoms with Crippen molar-refractivity contribution in [3.05, 3.63) is 69.7 Å². The van der Waals surface area contributed by atoms with Crippen molar-refractivity contribution in [2.24, 2.45) is 0 Å². The summed E-state index contributed by atoms with van der Waals surface area (Å²) in [4.78, 5) is 2.50. The molecule has 0 spiro atoms. The van der Waals surface area contributed by atoms with Gasteiger partial charge in [0.05, 0.1) is 0 Å². The van der Waals surface area contributed by atoms with Gasteiger partial charge in [-0.15, -0.1) is 0 Å². The lowest BCUT2D eigenvalue weighted by molar-refractivity contribution is 0.199. The highest BCUT2D eigenvalue weighted by Crippen LogP contribution is 2.20. The number of thiocarbonyl (C=S) groups is 1. The van der Waals surface area contributed by atoms with Gasteiger partial charge < -0.3 is 10.6 Å². The van der Waals surface area contributed by atoms with Crippen LogP contribution < -0.4 is 10.6 Å². The summed E-state index contributed by atoms with van der Waals surface area (Å²) in [6.45, 7) is 3.77. The third-order valence-corrected chi connectivity index (χ3v) is 5.48. The molecule has 0 radical (unpaired) electrons. The normalized spacial score (nSPS) is 15.6. The topological polar surface area (TPSA) is 27.3 Å². The number of hydrogen-bond donors (Lipinski definition) is 2. The van der Waals surface area contributed by atoms with Crippen LogP contribution in [0.3, 0.4) is 0 Å². The van der Waals surface area contributed by atoms with Gasteiger partial charge >= 0.3 is 0 Å². The molecule has 1 aliphatic rings. The van der Waals surface area contributed by atoms with Crippen LogP contribution in [0, 0.1) is 0 Å². The van der Waals surface area contributed by atoms with E-state index in [0.29, 0.717) is 27.7 Å². The third kappa shape index (κ3) is 5.85. The van der Waals surface area contributed by atoms with E-state index in [0.717, 1.165) is 38.0 Å². The molecule has 0 aliphatic carbocycles. The van der Waals surface area contributed by atoms with Crippen molar-refractivity contribution in [1.82, 2.24) is 15.5 Å². The van der Waals surface area contributed by atoms with Crippen molar-refractivity contribution in [3.63, 3.8) is 0 Å². The van der Waals surface area contributed by atoms with Crippen molar-refractivity contribution in [2.75, 3.05) is 13.1 Å². The number of hydrogen-bond acceptors (Lipinski definition) is 2. The molecule has 0 bridgehead atoms. The Morgan fingerprint density at radius 1 is 1.08 bits per heavy atom. The minimum absolute atomic E-state index is 0.419. The average molecular weight is 408 g/mol. The largest absolute Gasteiger partial charge is 0.360 e. The summed E-state index contributed by atoms with van der Waals surface area (Å²) in [5, 5.41) is 8.64. The highest BCUT2D eigenvalue weighted by atomic mass is 35.5. The molecular weight excluding hydrogens is 385 g/mol. The molecule has 1 fully saturated rings. The molecule has 1 heterocycles. The Labute approximate surface area is 170 Å². The van der Waals surface area contributed by atoms with Crippen LogP contribution in [0.25, 0.3) is 0 Å². The predicted molar refractivity (Wildman–Crippen MR) is 114 cm³/mol. The summed E-state index contributed by atoms with van der Waals surface area (Å²) >= 11 is 17.6. The van der Waals surface area contributed by atoms with Crippen molar-refractivity contribution in [1.29, 1.82) is 0 Å². The Kier molecular flexibility index (Phi) is 7.15. The lowest BCUT2D eigenvalue weighted by Crippen LogP contribution is -2.47. The van der Waals surface area contributed by atoms with E-state index in [4.69, 9.17) is 35.4 Å². The molecular formula is C20H23Cl2N3S. The first-order chi connectivity index (χ1) is 12.6. The third-order valence-electron chi connectivity index (χ3n) is 4.63. The highest BCUT2D eigenvalue weighted by Gasteiger charge is 2.19. The Morgan fingerprint density at radius 3 is 2.50 bits per heavy atom. The molecule has 2 aromatic rings. The van der Waals surface area contributed by atoms with E-state index in [2.05, 4.69) is 45.9 Å². The quantitative estimate of drug-likeness (QED) is 0.706. The van der Waals surface area contributed by atoms with E-state index in [-0.39, 0.29) is 0 Å². The summed E-state index contributed by atoms with van der Waals surface area (Å²) < 4.78 is 0. The molecule has 1 aliphatic heterocycles. The molecule has 0 atom stereocenters. The van der Waals surface area contributed by atoms with Crippen LogP contribution in [0.5, 0.6) is 0 Å². The van der Waals surface area contributed by atoms with Gasteiger partial charge in [0.25, 0.3) is 0 Å². The minimum Gasteiger partial charge on any atom is -0.360 e. The molecule has 0 amide bonds. The van der Waals surface area contributed by atoms with Gasteiger partial charge in [0, 0.05) is 42.3 Å². The van der Waals surface area contributed by atoms with Crippen molar-refractivity contribution >= 4 is 40.5 Å². The summed E-state index contributed by atoms with van der Waals surface area (Å²) in [5.41, 5.74) is 2.36. The maximum Gasteiger partial charge on any atom is 0.166 e. The van der Waals surface area contributed by atoms with E-state index in [1.54, 1.807) is 6.07 Å². The van der Waals surface area contributed by atoms with E-state index in [1.807, 2.05) is 12.1 Å². The van der Waals surface area contributed by atoms with E-state index in [1.165, 1.54) is 5.56 Å². The van der Waals surface area contributed by atoms with Crippen LogP contribution in [-0.4, -0.2) is 29.1 Å². The zero-order valence-corrected chi connectivity index (χ0v) is 16.9. The van der Waals surface area contributed by atoms with E-state index >= 15 is 0 Å². The fourth-order valence-corrected chi connectivity index (χ4v) is 3.87. The van der Waals surface area contributed by atoms with Gasteiger partial charge in [-0.3, -0.25) is 4.90 Å². The average Bonchev–Trinajstić information content (AvgIpc) is 2.63. The minimum atomic E-state index is 0.419. The summed E-state index contributed by atoms with van der Waals surface area (Å²) in [6.07, 6.45) is 2.19. The number of rotatable bonds is 5. The molecule has 0 aromatic heterocycles. The molecule has 138 valence electrons. The highest BCUT2D eigenvalue weighted by molar-refractivity contribution is 7.80. The van der Waals surface area contributed by atoms with Gasteiger partial charge in [-0.05, 0) is 48.3 Å². The fraction of sp³-hybridized carbons (Fsp3) is 0.350. The Bertz CT molecular complexity index is 731. The summed E-state index contributed by atoms with van der Waals surface area (Å²) in [6, 6.07) is 16.6. The molecule has 6 heteroatoms. The molecule has 0 saturated carbocycles. The summed E-state index contributed by atoms with van der Waals surface area (Å²) in [7, 11) is 0. The standard InChI is InChI=1S/C20H23Cl2N3S/c21-17-7-6-16(19(22)12-17)13-23-20(26)24-18-8-10-25(11-9-18)14-15-4-2-1-3-5-15/h1-7,12,18H,8-11,13-14H2,(H2,23,24,26). The molecule has 0 unspecified atom stereocenters. The monoisotopic (exact) mass is 407 g/mol. The second kappa shape index (κ2) is 9.56. The predicted octanol–water partition coefficient (Wildman–Crippen LogP) is 4.62. The van der Waals surface area contributed by atoms with Crippen LogP contribution >= 0.6 is 35.4 Å². The van der Waals surface area contributed by atoms with Gasteiger partial charge in [-0.2, -0.15) is 0 Å². The Balaban J connectivity index is 1.39. The van der Waals surface area contributed by atoms with Crippen LogP contribution in [0.4, 0.5) is 0 Å². The number of nitrogens with one attached hydrogen (secondary N) is 2. The van der Waals surface area contributed by atoms with Crippen molar-refractivity contribution in [2.45, 2.75) is 32.0 Å². The van der Waals surface area contributed by atoms with Crippen LogP contribution in [-0.2, 0) is 13.1 Å². The maximum atomic E-state index is 6.19. The van der Waals surface area contributed by atoms with Crippen molar-refractivity contribution in [3.8, 4) is 0 Å². The fourth-order valence-electron chi connectivity index (χ4n) is 3.15. The van der Waals surface area contributed by atoms with Gasteiger partial charge in [-0.25, -0.2) is 0 Å². The Hall–Kier alpha value is -1.33. The van der Waals surface area contributed by atoms with Crippen LogP contribution in [0.1, 0.15) is 24.0 Å². The summed E-state index contributed by atoms with van der Waals surface area (Å²) in [5.74, 6) is 0. The van der Waals surface area contributed by atoms with Gasteiger partial charge in [0.2, 0.25) is 0 Å². The lowest BCUT2D eigenvalue weighted by Gasteiger charge is -2.33. The van der Waals surface area contributed by atoms with E-state index in [9.17, 15) is 0 Å². The number of nitrogens with zero attached hydrogens (tertiary/aromatic N) is 1. The molecule has 3 nitrogen and oxygen atoms in total. The molecule has 3 rings (SSSR count). The first-order valence-electron chi connectivity index (χ1n) is 8.85. The first-order valence-corrected chi connectivity index (χ1v) is 10.0. The zero-order chi connectivity index (χ0) is 18.4. The second-order valence-corrected chi connectivity index (χ2v) is 7.85. The van der Waals surface area contributed by atoms with Crippen LogP contribution in [0.2, 0.25) is 10.0 Å². The number of piperidine rings is 1. The van der Waals surface area contributed by atoms with Gasteiger partial charge in [-0.1, -0.05) is 59.6 Å². The molecule has 2 N–H and O–H groups in total. The van der Waals surface area contributed by atoms with Crippen molar-refractivity contribution < 1.29 is 0 Å². The van der Waals surface area contributed by atoms with Gasteiger partial charge in [0.15, 0.2) is 5.11 Å². The number of benzene rings is 2. The van der Waals surface area contributed by atoms with Gasteiger partial charge in [0.1, 0.15) is 0 Å². The second-order valence-electron chi connectivity index (χ2n) is 6.60. The van der Waals surface area contributed by atoms with E-state index < -0.39 is 0 Å². The molecule has 1 saturated heterocycles.